The van der Waals surface area contributed by atoms with Crippen molar-refractivity contribution >= 4 is 27.9 Å². The smallest absolute Gasteiger partial charge is 0.344 e. The van der Waals surface area contributed by atoms with Gasteiger partial charge in [-0.15, -0.1) is 0 Å². The molecule has 3 aromatic carbocycles. The second-order valence-corrected chi connectivity index (χ2v) is 6.63. The third-order valence-corrected chi connectivity index (χ3v) is 4.52. The molecule has 0 aliphatic carbocycles. The van der Waals surface area contributed by atoms with Gasteiger partial charge in [-0.2, -0.15) is 0 Å². The van der Waals surface area contributed by atoms with Gasteiger partial charge in [0.1, 0.15) is 0 Å². The Labute approximate surface area is 165 Å². The monoisotopic (exact) mass is 424 g/mol. The number of carbonyl (C=O) groups is 2. The zero-order valence-electron chi connectivity index (χ0n) is 14.4. The first kappa shape index (κ1) is 18.9. The zero-order chi connectivity index (χ0) is 19.1. The fourth-order valence-electron chi connectivity index (χ4n) is 2.47. The van der Waals surface area contributed by atoms with Crippen LogP contribution in [0.15, 0.2) is 83.3 Å². The van der Waals surface area contributed by atoms with Crippen molar-refractivity contribution < 1.29 is 19.1 Å². The van der Waals surface area contributed by atoms with E-state index in [0.29, 0.717) is 16.5 Å². The van der Waals surface area contributed by atoms with Gasteiger partial charge in [0.2, 0.25) is 0 Å². The minimum atomic E-state index is -0.532. The van der Waals surface area contributed by atoms with Gasteiger partial charge in [-0.1, -0.05) is 54.6 Å². The molecule has 0 aliphatic heterocycles. The number of hydrogen-bond donors (Lipinski definition) is 0. The van der Waals surface area contributed by atoms with Gasteiger partial charge >= 0.3 is 11.9 Å². The Hall–Kier alpha value is -2.92. The highest BCUT2D eigenvalue weighted by Gasteiger charge is 2.16. The normalized spacial score (nSPS) is 10.3. The molecule has 0 bridgehead atoms. The van der Waals surface area contributed by atoms with Crippen molar-refractivity contribution in [3.05, 3.63) is 94.5 Å². The summed E-state index contributed by atoms with van der Waals surface area (Å²) in [6.45, 7) is 0. The lowest BCUT2D eigenvalue weighted by Crippen LogP contribution is -2.13. The highest BCUT2D eigenvalue weighted by molar-refractivity contribution is 9.10. The topological polar surface area (TPSA) is 52.6 Å². The number of aryl methyl sites for hydroxylation is 1. The number of carbonyl (C=O) groups excluding carboxylic acids is 2. The van der Waals surface area contributed by atoms with Crippen molar-refractivity contribution in [3.8, 4) is 11.5 Å². The first-order valence-corrected chi connectivity index (χ1v) is 9.23. The Bertz CT molecular complexity index is 938. The standard InChI is InChI=1S/C22H17BrO4/c23-18-11-5-4-10-17(18)22(25)27-20-13-7-6-12-19(20)26-21(24)15-14-16-8-2-1-3-9-16/h1-13H,14-15H2. The Morgan fingerprint density at radius 1 is 0.741 bits per heavy atom. The first-order chi connectivity index (χ1) is 13.1. The fraction of sp³-hybridized carbons (Fsp3) is 0.0909. The molecule has 0 atom stereocenters. The van der Waals surface area contributed by atoms with Crippen LogP contribution in [0.3, 0.4) is 0 Å². The summed E-state index contributed by atoms with van der Waals surface area (Å²) in [5.74, 6) is -0.499. The SMILES string of the molecule is O=C(CCc1ccccc1)Oc1ccccc1OC(=O)c1ccccc1Br. The molecule has 0 aliphatic rings. The van der Waals surface area contributed by atoms with Crippen LogP contribution < -0.4 is 9.47 Å². The zero-order valence-corrected chi connectivity index (χ0v) is 16.0. The Morgan fingerprint density at radius 3 is 2.04 bits per heavy atom. The molecular formula is C22H17BrO4. The van der Waals surface area contributed by atoms with Gasteiger partial charge in [0.05, 0.1) is 5.56 Å². The van der Waals surface area contributed by atoms with Crippen molar-refractivity contribution in [2.24, 2.45) is 0 Å². The molecule has 0 saturated heterocycles. The van der Waals surface area contributed by atoms with Gasteiger partial charge < -0.3 is 9.47 Å². The lowest BCUT2D eigenvalue weighted by molar-refractivity contribution is -0.134. The summed E-state index contributed by atoms with van der Waals surface area (Å²) in [4.78, 5) is 24.6. The van der Waals surface area contributed by atoms with Crippen LogP contribution in [0.2, 0.25) is 0 Å². The summed E-state index contributed by atoms with van der Waals surface area (Å²) in [5, 5.41) is 0. The van der Waals surface area contributed by atoms with Crippen molar-refractivity contribution in [2.75, 3.05) is 0 Å². The Morgan fingerprint density at radius 2 is 1.33 bits per heavy atom. The molecule has 0 aromatic heterocycles. The lowest BCUT2D eigenvalue weighted by Gasteiger charge is -2.11. The van der Waals surface area contributed by atoms with Gasteiger partial charge in [-0.25, -0.2) is 4.79 Å². The van der Waals surface area contributed by atoms with Crippen LogP contribution in [-0.2, 0) is 11.2 Å². The maximum absolute atomic E-state index is 12.4. The second-order valence-electron chi connectivity index (χ2n) is 5.78. The third-order valence-electron chi connectivity index (χ3n) is 3.83. The highest BCUT2D eigenvalue weighted by atomic mass is 79.9. The number of benzene rings is 3. The van der Waals surface area contributed by atoms with E-state index in [1.807, 2.05) is 36.4 Å². The number of halogens is 1. The van der Waals surface area contributed by atoms with E-state index in [1.54, 1.807) is 42.5 Å². The first-order valence-electron chi connectivity index (χ1n) is 8.44. The van der Waals surface area contributed by atoms with Crippen LogP contribution >= 0.6 is 15.9 Å². The molecule has 0 fully saturated rings. The van der Waals surface area contributed by atoms with Crippen LogP contribution in [0, 0.1) is 0 Å². The van der Waals surface area contributed by atoms with Gasteiger partial charge in [0.25, 0.3) is 0 Å². The molecule has 4 nitrogen and oxygen atoms in total. The minimum absolute atomic E-state index is 0.200. The molecule has 0 heterocycles. The largest absolute Gasteiger partial charge is 0.423 e. The van der Waals surface area contributed by atoms with Gasteiger partial charge in [0.15, 0.2) is 11.5 Å². The molecule has 0 N–H and O–H groups in total. The number of ether oxygens (including phenoxy) is 2. The lowest BCUT2D eigenvalue weighted by atomic mass is 10.1. The molecule has 5 heteroatoms. The van der Waals surface area contributed by atoms with Crippen molar-refractivity contribution in [1.29, 1.82) is 0 Å². The molecule has 0 unspecified atom stereocenters. The van der Waals surface area contributed by atoms with Crippen molar-refractivity contribution in [2.45, 2.75) is 12.8 Å². The van der Waals surface area contributed by atoms with Gasteiger partial charge in [-0.3, -0.25) is 4.79 Å². The minimum Gasteiger partial charge on any atom is -0.423 e. The molecule has 0 spiro atoms. The molecule has 3 aromatic rings. The van der Waals surface area contributed by atoms with Gasteiger partial charge in [-0.05, 0) is 52.2 Å². The fourth-order valence-corrected chi connectivity index (χ4v) is 2.91. The van der Waals surface area contributed by atoms with E-state index >= 15 is 0 Å². The molecule has 0 amide bonds. The number of para-hydroxylation sites is 2. The van der Waals surface area contributed by atoms with E-state index in [1.165, 1.54) is 0 Å². The van der Waals surface area contributed by atoms with Crippen LogP contribution in [-0.4, -0.2) is 11.9 Å². The quantitative estimate of drug-likeness (QED) is 0.402. The summed E-state index contributed by atoms with van der Waals surface area (Å²) in [5.41, 5.74) is 1.45. The summed E-state index contributed by atoms with van der Waals surface area (Å²) < 4.78 is 11.5. The van der Waals surface area contributed by atoms with Crippen LogP contribution in [0.4, 0.5) is 0 Å². The molecular weight excluding hydrogens is 408 g/mol. The average molecular weight is 425 g/mol. The van der Waals surface area contributed by atoms with Gasteiger partial charge in [0, 0.05) is 10.9 Å². The molecule has 0 radical (unpaired) electrons. The van der Waals surface area contributed by atoms with E-state index < -0.39 is 5.97 Å². The molecule has 3 rings (SSSR count). The molecule has 27 heavy (non-hydrogen) atoms. The Kier molecular flexibility index (Phi) is 6.39. The molecule has 0 saturated carbocycles. The number of hydrogen-bond acceptors (Lipinski definition) is 4. The summed E-state index contributed by atoms with van der Waals surface area (Å²) in [7, 11) is 0. The predicted octanol–water partition coefficient (Wildman–Crippen LogP) is 5.21. The van der Waals surface area contributed by atoms with Crippen LogP contribution in [0.1, 0.15) is 22.3 Å². The van der Waals surface area contributed by atoms with E-state index in [0.717, 1.165) is 5.56 Å². The molecule has 136 valence electrons. The van der Waals surface area contributed by atoms with E-state index in [4.69, 9.17) is 9.47 Å². The van der Waals surface area contributed by atoms with Crippen LogP contribution in [0.25, 0.3) is 0 Å². The number of rotatable bonds is 6. The summed E-state index contributed by atoms with van der Waals surface area (Å²) >= 11 is 3.33. The van der Waals surface area contributed by atoms with Crippen molar-refractivity contribution in [1.82, 2.24) is 0 Å². The maximum atomic E-state index is 12.4. The summed E-state index contributed by atoms with van der Waals surface area (Å²) in [6, 6.07) is 23.3. The van der Waals surface area contributed by atoms with E-state index in [-0.39, 0.29) is 23.9 Å². The van der Waals surface area contributed by atoms with E-state index in [9.17, 15) is 9.59 Å². The van der Waals surface area contributed by atoms with Crippen LogP contribution in [0.5, 0.6) is 11.5 Å². The third kappa shape index (κ3) is 5.28. The maximum Gasteiger partial charge on any atom is 0.344 e. The number of esters is 2. The predicted molar refractivity (Wildman–Crippen MR) is 106 cm³/mol. The van der Waals surface area contributed by atoms with E-state index in [2.05, 4.69) is 15.9 Å². The Balaban J connectivity index is 1.66. The highest BCUT2D eigenvalue weighted by Crippen LogP contribution is 2.28. The van der Waals surface area contributed by atoms with Crippen molar-refractivity contribution in [3.63, 3.8) is 0 Å². The second kappa shape index (κ2) is 9.14. The average Bonchev–Trinajstić information content (AvgIpc) is 2.69. The summed E-state index contributed by atoms with van der Waals surface area (Å²) in [6.07, 6.45) is 0.815.